The van der Waals surface area contributed by atoms with Gasteiger partial charge >= 0.3 is 0 Å². The number of nitrogens with one attached hydrogen (secondary N) is 2. The third-order valence-electron chi connectivity index (χ3n) is 3.43. The number of hydrogen-bond acceptors (Lipinski definition) is 3. The summed E-state index contributed by atoms with van der Waals surface area (Å²) in [5, 5.41) is 5.91. The molecule has 118 valence electrons. The number of nitrogens with zero attached hydrogens (tertiary/aromatic N) is 1. The summed E-state index contributed by atoms with van der Waals surface area (Å²) >= 11 is 5.68. The van der Waals surface area contributed by atoms with Crippen LogP contribution in [0.1, 0.15) is 6.42 Å². The standard InChI is InChI=1S/C14H19ClFN3O.ClH/c1-17-7-10-4-5-19(8-10)9-14(20)18-11-2-3-13(16)12(15)6-11;/h2-3,6,10,17H,4-5,7-9H2,1H3,(H,18,20);1H. The van der Waals surface area contributed by atoms with Gasteiger partial charge in [-0.25, -0.2) is 4.39 Å². The molecule has 1 heterocycles. The lowest BCUT2D eigenvalue weighted by atomic mass is 10.1. The predicted octanol–water partition coefficient (Wildman–Crippen LogP) is 2.38. The number of rotatable bonds is 5. The molecule has 0 radical (unpaired) electrons. The van der Waals surface area contributed by atoms with Crippen molar-refractivity contribution in [3.8, 4) is 0 Å². The maximum Gasteiger partial charge on any atom is 0.238 e. The molecule has 2 N–H and O–H groups in total. The number of carbonyl (C=O) groups is 1. The fraction of sp³-hybridized carbons (Fsp3) is 0.500. The van der Waals surface area contributed by atoms with Gasteiger partial charge in [0.1, 0.15) is 5.82 Å². The lowest BCUT2D eigenvalue weighted by molar-refractivity contribution is -0.117. The van der Waals surface area contributed by atoms with Crippen molar-refractivity contribution in [1.29, 1.82) is 0 Å². The minimum atomic E-state index is -0.487. The Kier molecular flexibility index (Phi) is 7.39. The number of amides is 1. The second-order valence-corrected chi connectivity index (χ2v) is 5.53. The van der Waals surface area contributed by atoms with Crippen LogP contribution in [0.25, 0.3) is 0 Å². The van der Waals surface area contributed by atoms with E-state index in [1.807, 2.05) is 7.05 Å². The van der Waals surface area contributed by atoms with E-state index in [0.717, 1.165) is 26.1 Å². The van der Waals surface area contributed by atoms with Crippen LogP contribution < -0.4 is 10.6 Å². The molecule has 21 heavy (non-hydrogen) atoms. The molecule has 1 unspecified atom stereocenters. The van der Waals surface area contributed by atoms with Gasteiger partial charge in [-0.15, -0.1) is 12.4 Å². The van der Waals surface area contributed by atoms with Crippen LogP contribution in [0.4, 0.5) is 10.1 Å². The first-order valence-corrected chi connectivity index (χ1v) is 7.08. The van der Waals surface area contributed by atoms with Crippen molar-refractivity contribution in [2.24, 2.45) is 5.92 Å². The highest BCUT2D eigenvalue weighted by atomic mass is 35.5. The van der Waals surface area contributed by atoms with Crippen molar-refractivity contribution in [3.63, 3.8) is 0 Å². The molecule has 0 aromatic heterocycles. The summed E-state index contributed by atoms with van der Waals surface area (Å²) < 4.78 is 13.0. The van der Waals surface area contributed by atoms with E-state index in [4.69, 9.17) is 11.6 Å². The summed E-state index contributed by atoms with van der Waals surface area (Å²) in [5.74, 6) is 0.0185. The molecule has 1 fully saturated rings. The molecule has 4 nitrogen and oxygen atoms in total. The Morgan fingerprint density at radius 1 is 1.52 bits per heavy atom. The smallest absolute Gasteiger partial charge is 0.238 e. The van der Waals surface area contributed by atoms with E-state index >= 15 is 0 Å². The first kappa shape index (κ1) is 18.2. The van der Waals surface area contributed by atoms with Gasteiger partial charge < -0.3 is 10.6 Å². The maximum absolute atomic E-state index is 13.0. The Hall–Kier alpha value is -0.880. The summed E-state index contributed by atoms with van der Waals surface area (Å²) in [4.78, 5) is 14.1. The van der Waals surface area contributed by atoms with Gasteiger partial charge in [-0.1, -0.05) is 11.6 Å². The van der Waals surface area contributed by atoms with E-state index < -0.39 is 5.82 Å². The van der Waals surface area contributed by atoms with E-state index in [1.54, 1.807) is 0 Å². The quantitative estimate of drug-likeness (QED) is 0.868. The fourth-order valence-electron chi connectivity index (χ4n) is 2.49. The number of hydrogen-bond donors (Lipinski definition) is 2. The van der Waals surface area contributed by atoms with Gasteiger partial charge in [-0.2, -0.15) is 0 Å². The first-order chi connectivity index (χ1) is 9.58. The third kappa shape index (κ3) is 5.43. The van der Waals surface area contributed by atoms with Crippen LogP contribution in [0.2, 0.25) is 5.02 Å². The molecule has 0 saturated carbocycles. The highest BCUT2D eigenvalue weighted by Crippen LogP contribution is 2.20. The van der Waals surface area contributed by atoms with Gasteiger partial charge in [0.25, 0.3) is 0 Å². The second kappa shape index (κ2) is 8.54. The topological polar surface area (TPSA) is 44.4 Å². The molecule has 7 heteroatoms. The summed E-state index contributed by atoms with van der Waals surface area (Å²) in [6.07, 6.45) is 1.11. The SMILES string of the molecule is CNCC1CCN(CC(=O)Nc2ccc(F)c(Cl)c2)C1.Cl. The summed E-state index contributed by atoms with van der Waals surface area (Å²) in [6.45, 7) is 3.20. The van der Waals surface area contributed by atoms with Gasteiger partial charge in [0.05, 0.1) is 11.6 Å². The average Bonchev–Trinajstić information content (AvgIpc) is 2.81. The van der Waals surface area contributed by atoms with Crippen molar-refractivity contribution in [2.45, 2.75) is 6.42 Å². The molecule has 0 aliphatic carbocycles. The molecule has 1 aliphatic heterocycles. The number of carbonyl (C=O) groups excluding carboxylic acids is 1. The molecular formula is C14H20Cl2FN3O. The number of halogens is 3. The van der Waals surface area contributed by atoms with Crippen LogP contribution in [0, 0.1) is 11.7 Å². The van der Waals surface area contributed by atoms with Gasteiger partial charge in [-0.05, 0) is 50.7 Å². The van der Waals surface area contributed by atoms with Crippen molar-refractivity contribution < 1.29 is 9.18 Å². The van der Waals surface area contributed by atoms with E-state index in [1.165, 1.54) is 18.2 Å². The zero-order chi connectivity index (χ0) is 14.5. The average molecular weight is 336 g/mol. The highest BCUT2D eigenvalue weighted by molar-refractivity contribution is 6.31. The molecular weight excluding hydrogens is 316 g/mol. The van der Waals surface area contributed by atoms with E-state index in [0.29, 0.717) is 18.2 Å². The first-order valence-electron chi connectivity index (χ1n) is 6.70. The number of likely N-dealkylation sites (tertiary alicyclic amines) is 1. The molecule has 1 saturated heterocycles. The van der Waals surface area contributed by atoms with Crippen molar-refractivity contribution in [2.75, 3.05) is 38.5 Å². The summed E-state index contributed by atoms with van der Waals surface area (Å²) in [6, 6.07) is 4.17. The molecule has 2 rings (SSSR count). The zero-order valence-corrected chi connectivity index (χ0v) is 13.4. The third-order valence-corrected chi connectivity index (χ3v) is 3.72. The van der Waals surface area contributed by atoms with Crippen LogP contribution in [0.5, 0.6) is 0 Å². The Morgan fingerprint density at radius 3 is 2.95 bits per heavy atom. The maximum atomic E-state index is 13.0. The lowest BCUT2D eigenvalue weighted by Crippen LogP contribution is -2.32. The van der Waals surface area contributed by atoms with E-state index in [-0.39, 0.29) is 23.3 Å². The monoisotopic (exact) mass is 335 g/mol. The van der Waals surface area contributed by atoms with Gasteiger partial charge in [0.15, 0.2) is 0 Å². The molecule has 0 spiro atoms. The number of benzene rings is 1. The van der Waals surface area contributed by atoms with Crippen LogP contribution in [-0.4, -0.2) is 44.0 Å². The Labute approximate surface area is 135 Å². The molecule has 1 aromatic rings. The minimum absolute atomic E-state index is 0. The molecule has 1 amide bonds. The second-order valence-electron chi connectivity index (χ2n) is 5.12. The molecule has 1 aliphatic rings. The van der Waals surface area contributed by atoms with Crippen LogP contribution in [0.3, 0.4) is 0 Å². The van der Waals surface area contributed by atoms with Crippen molar-refractivity contribution in [3.05, 3.63) is 29.0 Å². The van der Waals surface area contributed by atoms with Crippen molar-refractivity contribution in [1.82, 2.24) is 10.2 Å². The molecule has 1 atom stereocenters. The highest BCUT2D eigenvalue weighted by Gasteiger charge is 2.23. The minimum Gasteiger partial charge on any atom is -0.325 e. The van der Waals surface area contributed by atoms with E-state index in [2.05, 4.69) is 15.5 Å². The molecule has 1 aromatic carbocycles. The van der Waals surface area contributed by atoms with Gasteiger partial charge in [0.2, 0.25) is 5.91 Å². The van der Waals surface area contributed by atoms with Crippen molar-refractivity contribution >= 4 is 35.6 Å². The largest absolute Gasteiger partial charge is 0.325 e. The van der Waals surface area contributed by atoms with Crippen LogP contribution in [-0.2, 0) is 4.79 Å². The van der Waals surface area contributed by atoms with E-state index in [9.17, 15) is 9.18 Å². The van der Waals surface area contributed by atoms with Gasteiger partial charge in [-0.3, -0.25) is 9.69 Å². The predicted molar refractivity (Wildman–Crippen MR) is 85.8 cm³/mol. The molecule has 0 bridgehead atoms. The van der Waals surface area contributed by atoms with Gasteiger partial charge in [0, 0.05) is 12.2 Å². The fourth-order valence-corrected chi connectivity index (χ4v) is 2.67. The zero-order valence-electron chi connectivity index (χ0n) is 11.9. The Bertz CT molecular complexity index is 487. The Balaban J connectivity index is 0.00000220. The van der Waals surface area contributed by atoms with Crippen LogP contribution >= 0.6 is 24.0 Å². The van der Waals surface area contributed by atoms with Crippen LogP contribution in [0.15, 0.2) is 18.2 Å². The number of anilines is 1. The lowest BCUT2D eigenvalue weighted by Gasteiger charge is -2.15. The Morgan fingerprint density at radius 2 is 2.29 bits per heavy atom. The normalized spacial score (nSPS) is 18.3. The summed E-state index contributed by atoms with van der Waals surface area (Å²) in [7, 11) is 1.94. The summed E-state index contributed by atoms with van der Waals surface area (Å²) in [5.41, 5.74) is 0.521.